The summed E-state index contributed by atoms with van der Waals surface area (Å²) in [5.74, 6) is -1.64. The lowest BCUT2D eigenvalue weighted by molar-refractivity contribution is -0.120. The van der Waals surface area contributed by atoms with Crippen molar-refractivity contribution in [2.75, 3.05) is 10.2 Å². The summed E-state index contributed by atoms with van der Waals surface area (Å²) < 4.78 is 13.6. The highest BCUT2D eigenvalue weighted by atomic mass is 35.5. The second-order valence-corrected chi connectivity index (χ2v) is 7.44. The first-order valence-corrected chi connectivity index (χ1v) is 9.73. The van der Waals surface area contributed by atoms with Crippen molar-refractivity contribution in [3.8, 4) is 0 Å². The van der Waals surface area contributed by atoms with Crippen molar-refractivity contribution in [2.45, 2.75) is 13.8 Å². The number of imide groups is 1. The van der Waals surface area contributed by atoms with Gasteiger partial charge in [-0.15, -0.1) is 0 Å². The molecule has 0 fully saturated rings. The molecule has 0 unspecified atom stereocenters. The molecule has 1 N–H and O–H groups in total. The van der Waals surface area contributed by atoms with Crippen LogP contribution in [0.3, 0.4) is 0 Å². The Morgan fingerprint density at radius 3 is 2.33 bits per heavy atom. The first-order valence-electron chi connectivity index (χ1n) is 9.35. The number of hydrogen-bond donors (Lipinski definition) is 1. The maximum atomic E-state index is 13.6. The lowest BCUT2D eigenvalue weighted by Crippen LogP contribution is -2.32. The molecular weight excluding hydrogens is 403 g/mol. The van der Waals surface area contributed by atoms with Gasteiger partial charge in [-0.3, -0.25) is 9.59 Å². The molecule has 2 amide bonds. The first-order chi connectivity index (χ1) is 14.4. The number of hydrogen-bond acceptors (Lipinski definition) is 3. The van der Waals surface area contributed by atoms with Crippen molar-refractivity contribution < 1.29 is 14.0 Å². The van der Waals surface area contributed by atoms with Gasteiger partial charge in [-0.2, -0.15) is 0 Å². The molecule has 0 radical (unpaired) electrons. The van der Waals surface area contributed by atoms with Crippen molar-refractivity contribution in [1.29, 1.82) is 0 Å². The molecule has 1 aliphatic rings. The topological polar surface area (TPSA) is 49.4 Å². The molecule has 3 aromatic carbocycles. The molecule has 3 aromatic rings. The smallest absolute Gasteiger partial charge is 0.282 e. The average Bonchev–Trinajstić information content (AvgIpc) is 2.98. The molecule has 4 rings (SSSR count). The Labute approximate surface area is 178 Å². The highest BCUT2D eigenvalue weighted by molar-refractivity contribution is 6.46. The number of nitrogens with one attached hydrogen (secondary N) is 1. The minimum absolute atomic E-state index is 0.162. The fourth-order valence-corrected chi connectivity index (χ4v) is 3.57. The van der Waals surface area contributed by atoms with Crippen LogP contribution in [0, 0.1) is 19.7 Å². The summed E-state index contributed by atoms with van der Waals surface area (Å²) in [5.41, 5.74) is 4.00. The minimum atomic E-state index is -0.621. The zero-order chi connectivity index (χ0) is 21.4. The van der Waals surface area contributed by atoms with Crippen LogP contribution in [0.25, 0.3) is 5.57 Å². The lowest BCUT2D eigenvalue weighted by Gasteiger charge is -2.16. The third-order valence-corrected chi connectivity index (χ3v) is 5.46. The predicted molar refractivity (Wildman–Crippen MR) is 117 cm³/mol. The van der Waals surface area contributed by atoms with E-state index in [2.05, 4.69) is 5.32 Å². The van der Waals surface area contributed by atoms with Crippen LogP contribution in [-0.2, 0) is 9.59 Å². The van der Waals surface area contributed by atoms with Gasteiger partial charge in [-0.1, -0.05) is 54.1 Å². The summed E-state index contributed by atoms with van der Waals surface area (Å²) in [5, 5.41) is 3.00. The van der Waals surface area contributed by atoms with Gasteiger partial charge in [0.15, 0.2) is 0 Å². The largest absolute Gasteiger partial charge is 0.350 e. The monoisotopic (exact) mass is 420 g/mol. The number of amides is 2. The lowest BCUT2D eigenvalue weighted by atomic mass is 10.0. The summed E-state index contributed by atoms with van der Waals surface area (Å²) in [6, 6.07) is 18.5. The minimum Gasteiger partial charge on any atom is -0.350 e. The van der Waals surface area contributed by atoms with Crippen LogP contribution in [-0.4, -0.2) is 11.8 Å². The van der Waals surface area contributed by atoms with Crippen molar-refractivity contribution in [3.05, 3.63) is 100.0 Å². The Bertz CT molecular complexity index is 1210. The molecule has 1 heterocycles. The van der Waals surface area contributed by atoms with Gasteiger partial charge in [-0.05, 0) is 54.8 Å². The molecule has 1 aliphatic heterocycles. The second-order valence-electron chi connectivity index (χ2n) is 7.03. The van der Waals surface area contributed by atoms with Crippen LogP contribution >= 0.6 is 11.6 Å². The van der Waals surface area contributed by atoms with E-state index in [0.717, 1.165) is 27.8 Å². The van der Waals surface area contributed by atoms with Gasteiger partial charge in [0.2, 0.25) is 0 Å². The van der Waals surface area contributed by atoms with Crippen LogP contribution in [0.1, 0.15) is 16.7 Å². The Morgan fingerprint density at radius 1 is 0.900 bits per heavy atom. The number of rotatable bonds is 4. The van der Waals surface area contributed by atoms with Gasteiger partial charge in [0.25, 0.3) is 11.8 Å². The number of carbonyl (C=O) groups is 2. The van der Waals surface area contributed by atoms with Crippen molar-refractivity contribution >= 4 is 40.4 Å². The molecule has 0 bridgehead atoms. The van der Waals surface area contributed by atoms with E-state index in [1.54, 1.807) is 24.3 Å². The molecule has 0 saturated carbocycles. The standard InChI is InChI=1S/C24H18ClFN2O2/c1-14-7-6-10-20(15(14)2)27-22-21(16-8-4-3-5-9-16)23(29)28(24(22)30)17-11-12-19(26)18(25)13-17/h3-13,27H,1-2H3. The van der Waals surface area contributed by atoms with E-state index in [1.165, 1.54) is 12.1 Å². The third-order valence-electron chi connectivity index (χ3n) is 5.17. The van der Waals surface area contributed by atoms with E-state index in [1.807, 2.05) is 38.1 Å². The number of benzene rings is 3. The fourth-order valence-electron chi connectivity index (χ4n) is 3.40. The summed E-state index contributed by atoms with van der Waals surface area (Å²) in [6.45, 7) is 3.92. The third kappa shape index (κ3) is 3.37. The second kappa shape index (κ2) is 7.76. The zero-order valence-electron chi connectivity index (χ0n) is 16.4. The Balaban J connectivity index is 1.85. The van der Waals surface area contributed by atoms with Crippen LogP contribution in [0.5, 0.6) is 0 Å². The molecule has 30 heavy (non-hydrogen) atoms. The molecule has 0 aromatic heterocycles. The molecule has 4 nitrogen and oxygen atoms in total. The SMILES string of the molecule is Cc1cccc(NC2=C(c3ccccc3)C(=O)N(c3ccc(F)c(Cl)c3)C2=O)c1C. The molecule has 0 spiro atoms. The van der Waals surface area contributed by atoms with Gasteiger partial charge in [0.05, 0.1) is 16.3 Å². The van der Waals surface area contributed by atoms with Crippen LogP contribution in [0.2, 0.25) is 5.02 Å². The Hall–Kier alpha value is -3.44. The summed E-state index contributed by atoms with van der Waals surface area (Å²) >= 11 is 5.89. The quantitative estimate of drug-likeness (QED) is 0.567. The highest BCUT2D eigenvalue weighted by Crippen LogP contribution is 2.35. The number of anilines is 2. The van der Waals surface area contributed by atoms with Gasteiger partial charge in [-0.25, -0.2) is 9.29 Å². The van der Waals surface area contributed by atoms with Crippen molar-refractivity contribution in [2.24, 2.45) is 0 Å². The van der Waals surface area contributed by atoms with Gasteiger partial charge in [0.1, 0.15) is 11.5 Å². The maximum absolute atomic E-state index is 13.6. The Morgan fingerprint density at radius 2 is 1.63 bits per heavy atom. The van der Waals surface area contributed by atoms with Gasteiger partial charge >= 0.3 is 0 Å². The average molecular weight is 421 g/mol. The fraction of sp³-hybridized carbons (Fsp3) is 0.0833. The van der Waals surface area contributed by atoms with E-state index < -0.39 is 17.6 Å². The summed E-state index contributed by atoms with van der Waals surface area (Å²) in [7, 11) is 0. The number of carbonyl (C=O) groups excluding carboxylic acids is 2. The normalized spacial score (nSPS) is 13.9. The van der Waals surface area contributed by atoms with Gasteiger partial charge < -0.3 is 5.32 Å². The molecule has 6 heteroatoms. The summed E-state index contributed by atoms with van der Waals surface area (Å²) in [4.78, 5) is 27.7. The van der Waals surface area contributed by atoms with Crippen molar-refractivity contribution in [3.63, 3.8) is 0 Å². The zero-order valence-corrected chi connectivity index (χ0v) is 17.1. The van der Waals surface area contributed by atoms with Crippen LogP contribution in [0.4, 0.5) is 15.8 Å². The molecule has 0 atom stereocenters. The number of halogens is 2. The predicted octanol–water partition coefficient (Wildman–Crippen LogP) is 5.49. The molecule has 0 aliphatic carbocycles. The van der Waals surface area contributed by atoms with Gasteiger partial charge in [0, 0.05) is 5.69 Å². The number of aryl methyl sites for hydroxylation is 1. The van der Waals surface area contributed by atoms with E-state index in [-0.39, 0.29) is 22.0 Å². The van der Waals surface area contributed by atoms with Crippen molar-refractivity contribution in [1.82, 2.24) is 0 Å². The molecular formula is C24H18ClFN2O2. The van der Waals surface area contributed by atoms with E-state index in [0.29, 0.717) is 5.56 Å². The van der Waals surface area contributed by atoms with E-state index in [9.17, 15) is 14.0 Å². The van der Waals surface area contributed by atoms with E-state index in [4.69, 9.17) is 11.6 Å². The Kier molecular flexibility index (Phi) is 5.14. The van der Waals surface area contributed by atoms with Crippen LogP contribution in [0.15, 0.2) is 72.4 Å². The first kappa shape index (κ1) is 19.9. The molecule has 150 valence electrons. The molecule has 0 saturated heterocycles. The highest BCUT2D eigenvalue weighted by Gasteiger charge is 2.40. The van der Waals surface area contributed by atoms with Crippen LogP contribution < -0.4 is 10.2 Å². The maximum Gasteiger partial charge on any atom is 0.282 e. The van der Waals surface area contributed by atoms with E-state index >= 15 is 0 Å². The number of nitrogens with zero attached hydrogens (tertiary/aromatic N) is 1. The summed E-state index contributed by atoms with van der Waals surface area (Å²) in [6.07, 6.45) is 0.